The van der Waals surface area contributed by atoms with Crippen molar-refractivity contribution in [2.75, 3.05) is 5.32 Å². The predicted molar refractivity (Wildman–Crippen MR) is 59.5 cm³/mol. The number of aliphatic hydroxyl groups excluding tert-OH is 1. The molecule has 0 saturated carbocycles. The Labute approximate surface area is 93.2 Å². The van der Waals surface area contributed by atoms with E-state index in [0.717, 1.165) is 5.69 Å². The Kier molecular flexibility index (Phi) is 3.40. The average molecular weight is 216 g/mol. The van der Waals surface area contributed by atoms with Gasteiger partial charge in [-0.05, 0) is 18.2 Å². The van der Waals surface area contributed by atoms with Gasteiger partial charge in [-0.1, -0.05) is 6.07 Å². The SMILES string of the molecule is OCc1ccnc(NCc2ccccn2)n1. The number of aliphatic hydroxyl groups is 1. The largest absolute Gasteiger partial charge is 0.390 e. The minimum atomic E-state index is -0.0826. The summed E-state index contributed by atoms with van der Waals surface area (Å²) >= 11 is 0. The molecule has 0 aliphatic carbocycles. The Morgan fingerprint density at radius 2 is 2.00 bits per heavy atom. The first-order valence-electron chi connectivity index (χ1n) is 4.95. The second kappa shape index (κ2) is 5.18. The third kappa shape index (κ3) is 2.74. The highest BCUT2D eigenvalue weighted by atomic mass is 16.3. The summed E-state index contributed by atoms with van der Waals surface area (Å²) in [5.74, 6) is 0.497. The van der Waals surface area contributed by atoms with Gasteiger partial charge in [-0.25, -0.2) is 9.97 Å². The predicted octanol–water partition coefficient (Wildman–Crippen LogP) is 0.976. The number of hydrogen-bond donors (Lipinski definition) is 2. The van der Waals surface area contributed by atoms with E-state index in [1.165, 1.54) is 0 Å². The van der Waals surface area contributed by atoms with Crippen molar-refractivity contribution in [2.45, 2.75) is 13.2 Å². The first-order chi connectivity index (χ1) is 7.88. The summed E-state index contributed by atoms with van der Waals surface area (Å²) in [7, 11) is 0. The van der Waals surface area contributed by atoms with Gasteiger partial charge in [-0.2, -0.15) is 0 Å². The van der Waals surface area contributed by atoms with Crippen LogP contribution in [0.4, 0.5) is 5.95 Å². The maximum Gasteiger partial charge on any atom is 0.223 e. The number of hydrogen-bond acceptors (Lipinski definition) is 5. The molecular weight excluding hydrogens is 204 g/mol. The van der Waals surface area contributed by atoms with Crippen molar-refractivity contribution in [3.05, 3.63) is 48.0 Å². The van der Waals surface area contributed by atoms with Gasteiger partial charge in [0.1, 0.15) is 0 Å². The normalized spacial score (nSPS) is 10.1. The Hall–Kier alpha value is -2.01. The first kappa shape index (κ1) is 10.5. The molecule has 0 aliphatic rings. The Bertz CT molecular complexity index is 447. The van der Waals surface area contributed by atoms with Crippen LogP contribution in [0.25, 0.3) is 0 Å². The van der Waals surface area contributed by atoms with E-state index in [2.05, 4.69) is 20.3 Å². The molecule has 0 bridgehead atoms. The fourth-order valence-electron chi connectivity index (χ4n) is 1.24. The molecule has 0 amide bonds. The second-order valence-corrected chi connectivity index (χ2v) is 3.20. The molecular formula is C11H12N4O. The van der Waals surface area contributed by atoms with E-state index in [0.29, 0.717) is 18.2 Å². The molecule has 16 heavy (non-hydrogen) atoms. The lowest BCUT2D eigenvalue weighted by Crippen LogP contribution is -2.05. The third-order valence-electron chi connectivity index (χ3n) is 2.03. The number of anilines is 1. The zero-order valence-corrected chi connectivity index (χ0v) is 8.67. The molecule has 2 heterocycles. The third-order valence-corrected chi connectivity index (χ3v) is 2.03. The van der Waals surface area contributed by atoms with Crippen LogP contribution in [-0.4, -0.2) is 20.1 Å². The van der Waals surface area contributed by atoms with Gasteiger partial charge >= 0.3 is 0 Å². The van der Waals surface area contributed by atoms with Crippen LogP contribution in [0.15, 0.2) is 36.7 Å². The molecule has 0 unspecified atom stereocenters. The van der Waals surface area contributed by atoms with Crippen molar-refractivity contribution >= 4 is 5.95 Å². The standard InChI is InChI=1S/C11H12N4O/c16-8-10-4-6-13-11(15-10)14-7-9-3-1-2-5-12-9/h1-6,16H,7-8H2,(H,13,14,15). The van der Waals surface area contributed by atoms with Crippen molar-refractivity contribution in [1.29, 1.82) is 0 Å². The molecule has 0 fully saturated rings. The number of pyridine rings is 1. The molecule has 82 valence electrons. The zero-order valence-electron chi connectivity index (χ0n) is 8.67. The molecule has 5 heteroatoms. The second-order valence-electron chi connectivity index (χ2n) is 3.20. The van der Waals surface area contributed by atoms with E-state index >= 15 is 0 Å². The molecule has 0 spiro atoms. The first-order valence-corrected chi connectivity index (χ1v) is 4.95. The summed E-state index contributed by atoms with van der Waals surface area (Å²) in [5, 5.41) is 12.0. The van der Waals surface area contributed by atoms with E-state index in [1.54, 1.807) is 18.5 Å². The van der Waals surface area contributed by atoms with Crippen LogP contribution < -0.4 is 5.32 Å². The van der Waals surface area contributed by atoms with E-state index in [1.807, 2.05) is 18.2 Å². The summed E-state index contributed by atoms with van der Waals surface area (Å²) in [6.45, 7) is 0.483. The highest BCUT2D eigenvalue weighted by molar-refractivity contribution is 5.26. The molecule has 2 rings (SSSR count). The lowest BCUT2D eigenvalue weighted by molar-refractivity contribution is 0.277. The fraction of sp³-hybridized carbons (Fsp3) is 0.182. The van der Waals surface area contributed by atoms with Gasteiger partial charge in [-0.3, -0.25) is 4.98 Å². The van der Waals surface area contributed by atoms with Gasteiger partial charge in [0.05, 0.1) is 24.5 Å². The van der Waals surface area contributed by atoms with Gasteiger partial charge in [-0.15, -0.1) is 0 Å². The molecule has 0 saturated heterocycles. The highest BCUT2D eigenvalue weighted by Gasteiger charge is 1.98. The minimum absolute atomic E-state index is 0.0826. The molecule has 5 nitrogen and oxygen atoms in total. The molecule has 0 aromatic carbocycles. The van der Waals surface area contributed by atoms with Gasteiger partial charge in [0.15, 0.2) is 0 Å². The fourth-order valence-corrected chi connectivity index (χ4v) is 1.24. The lowest BCUT2D eigenvalue weighted by Gasteiger charge is -2.04. The molecule has 2 aromatic heterocycles. The van der Waals surface area contributed by atoms with Crippen LogP contribution in [0, 0.1) is 0 Å². The Balaban J connectivity index is 1.99. The maximum atomic E-state index is 8.92. The van der Waals surface area contributed by atoms with Gasteiger partial charge in [0, 0.05) is 12.4 Å². The van der Waals surface area contributed by atoms with E-state index in [4.69, 9.17) is 5.11 Å². The summed E-state index contributed by atoms with van der Waals surface area (Å²) in [5.41, 5.74) is 1.51. The highest BCUT2D eigenvalue weighted by Crippen LogP contribution is 2.02. The molecule has 2 aromatic rings. The maximum absolute atomic E-state index is 8.92. The topological polar surface area (TPSA) is 70.9 Å². The Morgan fingerprint density at radius 3 is 2.75 bits per heavy atom. The lowest BCUT2D eigenvalue weighted by atomic mass is 10.3. The smallest absolute Gasteiger partial charge is 0.223 e. The summed E-state index contributed by atoms with van der Waals surface area (Å²) < 4.78 is 0. The quantitative estimate of drug-likeness (QED) is 0.797. The van der Waals surface area contributed by atoms with Crippen LogP contribution >= 0.6 is 0 Å². The zero-order chi connectivity index (χ0) is 11.2. The van der Waals surface area contributed by atoms with Crippen molar-refractivity contribution in [2.24, 2.45) is 0 Å². The molecule has 0 radical (unpaired) electrons. The minimum Gasteiger partial charge on any atom is -0.390 e. The van der Waals surface area contributed by atoms with E-state index in [9.17, 15) is 0 Å². The van der Waals surface area contributed by atoms with Crippen LogP contribution in [0.1, 0.15) is 11.4 Å². The van der Waals surface area contributed by atoms with Gasteiger partial charge < -0.3 is 10.4 Å². The summed E-state index contributed by atoms with van der Waals surface area (Å²) in [6.07, 6.45) is 3.35. The average Bonchev–Trinajstić information content (AvgIpc) is 2.38. The van der Waals surface area contributed by atoms with E-state index < -0.39 is 0 Å². The monoisotopic (exact) mass is 216 g/mol. The number of aromatic nitrogens is 3. The molecule has 0 aliphatic heterocycles. The van der Waals surface area contributed by atoms with E-state index in [-0.39, 0.29) is 6.61 Å². The van der Waals surface area contributed by atoms with Crippen LogP contribution in [0.3, 0.4) is 0 Å². The Morgan fingerprint density at radius 1 is 1.06 bits per heavy atom. The molecule has 2 N–H and O–H groups in total. The van der Waals surface area contributed by atoms with Crippen molar-refractivity contribution in [1.82, 2.24) is 15.0 Å². The van der Waals surface area contributed by atoms with Crippen molar-refractivity contribution in [3.8, 4) is 0 Å². The van der Waals surface area contributed by atoms with Crippen molar-refractivity contribution < 1.29 is 5.11 Å². The van der Waals surface area contributed by atoms with Gasteiger partial charge in [0.2, 0.25) is 5.95 Å². The van der Waals surface area contributed by atoms with Crippen LogP contribution in [0.2, 0.25) is 0 Å². The number of rotatable bonds is 4. The van der Waals surface area contributed by atoms with Crippen molar-refractivity contribution in [3.63, 3.8) is 0 Å². The van der Waals surface area contributed by atoms with Gasteiger partial charge in [0.25, 0.3) is 0 Å². The summed E-state index contributed by atoms with van der Waals surface area (Å²) in [6, 6.07) is 7.39. The van der Waals surface area contributed by atoms with Crippen LogP contribution in [-0.2, 0) is 13.2 Å². The number of nitrogens with one attached hydrogen (secondary N) is 1. The summed E-state index contributed by atoms with van der Waals surface area (Å²) in [4.78, 5) is 12.3. The molecule has 0 atom stereocenters. The van der Waals surface area contributed by atoms with Crippen LogP contribution in [0.5, 0.6) is 0 Å². The number of nitrogens with zero attached hydrogens (tertiary/aromatic N) is 3.